The van der Waals surface area contributed by atoms with Crippen LogP contribution in [0.15, 0.2) is 54.7 Å². The van der Waals surface area contributed by atoms with Gasteiger partial charge in [0.15, 0.2) is 0 Å². The first-order chi connectivity index (χ1) is 9.15. The number of aromatic nitrogens is 2. The molecule has 0 saturated heterocycles. The highest BCUT2D eigenvalue weighted by atomic mass is 35.5. The molecule has 0 aliphatic carbocycles. The van der Waals surface area contributed by atoms with E-state index in [-0.39, 0.29) is 0 Å². The summed E-state index contributed by atoms with van der Waals surface area (Å²) in [6, 6.07) is 15.6. The van der Waals surface area contributed by atoms with Gasteiger partial charge < -0.3 is 0 Å². The van der Waals surface area contributed by atoms with Gasteiger partial charge in [0, 0.05) is 5.02 Å². The molecule has 2 nitrogen and oxygen atoms in total. The third-order valence-corrected chi connectivity index (χ3v) is 2.83. The van der Waals surface area contributed by atoms with E-state index in [4.69, 9.17) is 23.2 Å². The average Bonchev–Trinajstić information content (AvgIpc) is 2.41. The van der Waals surface area contributed by atoms with Crippen LogP contribution >= 0.6 is 23.2 Å². The Kier molecular flexibility index (Phi) is 4.72. The van der Waals surface area contributed by atoms with E-state index in [2.05, 4.69) is 29.0 Å². The molecule has 0 N–H and O–H groups in total. The van der Waals surface area contributed by atoms with Gasteiger partial charge in [-0.2, -0.15) is 0 Å². The van der Waals surface area contributed by atoms with E-state index >= 15 is 0 Å². The molecule has 0 aliphatic heterocycles. The number of halogens is 2. The molecule has 4 heteroatoms. The van der Waals surface area contributed by atoms with Gasteiger partial charge in [0.05, 0.1) is 17.2 Å². The predicted octanol–water partition coefficient (Wildman–Crippen LogP) is 4.93. The zero-order chi connectivity index (χ0) is 13.7. The van der Waals surface area contributed by atoms with Crippen molar-refractivity contribution in [3.63, 3.8) is 0 Å². The van der Waals surface area contributed by atoms with Crippen molar-refractivity contribution < 1.29 is 0 Å². The maximum atomic E-state index is 5.76. The molecule has 0 saturated carbocycles. The van der Waals surface area contributed by atoms with E-state index in [1.807, 2.05) is 18.2 Å². The summed E-state index contributed by atoms with van der Waals surface area (Å²) in [5.74, 6) is 0. The van der Waals surface area contributed by atoms with E-state index in [9.17, 15) is 0 Å². The summed E-state index contributed by atoms with van der Waals surface area (Å²) in [6.45, 7) is 2.08. The zero-order valence-corrected chi connectivity index (χ0v) is 11.9. The van der Waals surface area contributed by atoms with Gasteiger partial charge in [0.2, 0.25) is 0 Å². The van der Waals surface area contributed by atoms with Gasteiger partial charge in [0.1, 0.15) is 5.15 Å². The lowest BCUT2D eigenvalue weighted by atomic mass is 10.2. The summed E-state index contributed by atoms with van der Waals surface area (Å²) in [6.07, 6.45) is 1.50. The lowest BCUT2D eigenvalue weighted by Gasteiger charge is -1.96. The van der Waals surface area contributed by atoms with Crippen molar-refractivity contribution in [3.05, 3.63) is 70.5 Å². The predicted molar refractivity (Wildman–Crippen MR) is 80.7 cm³/mol. The third kappa shape index (κ3) is 4.19. The van der Waals surface area contributed by atoms with Crippen LogP contribution in [0, 0.1) is 6.92 Å². The Labute approximate surface area is 122 Å². The number of hydrogen-bond acceptors (Lipinski definition) is 2. The highest BCUT2D eigenvalue weighted by molar-refractivity contribution is 6.31. The van der Waals surface area contributed by atoms with Crippen LogP contribution < -0.4 is 0 Å². The lowest BCUT2D eigenvalue weighted by Crippen LogP contribution is -1.82. The summed E-state index contributed by atoms with van der Waals surface area (Å²) in [5, 5.41) is 1.05. The molecule has 96 valence electrons. The van der Waals surface area contributed by atoms with Crippen molar-refractivity contribution in [1.29, 1.82) is 0 Å². The first kappa shape index (κ1) is 13.8. The molecule has 1 heterocycles. The fraction of sp³-hybridized carbons (Fsp3) is 0.0667. The first-order valence-electron chi connectivity index (χ1n) is 5.74. The topological polar surface area (TPSA) is 25.8 Å². The summed E-state index contributed by atoms with van der Waals surface area (Å²) < 4.78 is 0. The maximum absolute atomic E-state index is 5.76. The van der Waals surface area contributed by atoms with Gasteiger partial charge in [-0.1, -0.05) is 59.1 Å². The number of fused-ring (bicyclic) bond motifs is 1. The van der Waals surface area contributed by atoms with Crippen molar-refractivity contribution >= 4 is 34.2 Å². The van der Waals surface area contributed by atoms with Crippen LogP contribution in [0.5, 0.6) is 0 Å². The Balaban J connectivity index is 0.000000163. The van der Waals surface area contributed by atoms with Crippen LogP contribution in [0.25, 0.3) is 11.0 Å². The number of aryl methyl sites for hydroxylation is 1. The van der Waals surface area contributed by atoms with Gasteiger partial charge >= 0.3 is 0 Å². The highest BCUT2D eigenvalue weighted by Crippen LogP contribution is 2.16. The molecule has 0 aliphatic rings. The Hall–Kier alpha value is -1.64. The van der Waals surface area contributed by atoms with Crippen molar-refractivity contribution in [2.45, 2.75) is 6.92 Å². The second kappa shape index (κ2) is 6.50. The normalized spacial score (nSPS) is 9.84. The SMILES string of the molecule is Cc1ccccc1.Clc1ccc2nc(Cl)cnc2c1. The molecule has 1 aromatic heterocycles. The monoisotopic (exact) mass is 290 g/mol. The second-order valence-electron chi connectivity index (χ2n) is 3.98. The van der Waals surface area contributed by atoms with Crippen LogP contribution in [-0.4, -0.2) is 9.97 Å². The Morgan fingerprint density at radius 3 is 2.26 bits per heavy atom. The average molecular weight is 291 g/mol. The molecule has 0 unspecified atom stereocenters. The largest absolute Gasteiger partial charge is 0.251 e. The molecule has 0 spiro atoms. The van der Waals surface area contributed by atoms with Crippen LogP contribution in [-0.2, 0) is 0 Å². The van der Waals surface area contributed by atoms with Gasteiger partial charge in [-0.3, -0.25) is 4.98 Å². The van der Waals surface area contributed by atoms with E-state index in [0.29, 0.717) is 10.2 Å². The molecule has 0 atom stereocenters. The number of rotatable bonds is 0. The van der Waals surface area contributed by atoms with Gasteiger partial charge in [-0.05, 0) is 25.1 Å². The highest BCUT2D eigenvalue weighted by Gasteiger charge is 1.97. The fourth-order valence-corrected chi connectivity index (χ4v) is 1.80. The molecule has 0 bridgehead atoms. The molecular weight excluding hydrogens is 279 g/mol. The molecule has 3 aromatic rings. The summed E-state index contributed by atoms with van der Waals surface area (Å²) >= 11 is 11.4. The zero-order valence-electron chi connectivity index (χ0n) is 10.3. The number of nitrogens with zero attached hydrogens (tertiary/aromatic N) is 2. The smallest absolute Gasteiger partial charge is 0.148 e. The molecule has 0 radical (unpaired) electrons. The summed E-state index contributed by atoms with van der Waals surface area (Å²) in [5.41, 5.74) is 2.83. The standard InChI is InChI=1S/C8H4Cl2N2.C7H8/c9-5-1-2-6-7(3-5)11-4-8(10)12-6;1-7-5-3-2-4-6-7/h1-4H;2-6H,1H3. The fourth-order valence-electron chi connectivity index (χ4n) is 1.50. The van der Waals surface area contributed by atoms with Crippen molar-refractivity contribution in [2.75, 3.05) is 0 Å². The molecule has 19 heavy (non-hydrogen) atoms. The third-order valence-electron chi connectivity index (χ3n) is 2.42. The van der Waals surface area contributed by atoms with Crippen LogP contribution in [0.2, 0.25) is 10.2 Å². The minimum atomic E-state index is 0.393. The molecule has 0 amide bonds. The van der Waals surface area contributed by atoms with Crippen molar-refractivity contribution in [1.82, 2.24) is 9.97 Å². The van der Waals surface area contributed by atoms with Gasteiger partial charge in [-0.25, -0.2) is 4.98 Å². The molecular formula is C15H12Cl2N2. The molecule has 2 aromatic carbocycles. The lowest BCUT2D eigenvalue weighted by molar-refractivity contribution is 1.29. The Morgan fingerprint density at radius 2 is 1.63 bits per heavy atom. The summed E-state index contributed by atoms with van der Waals surface area (Å²) in [7, 11) is 0. The van der Waals surface area contributed by atoms with E-state index in [1.54, 1.807) is 18.2 Å². The first-order valence-corrected chi connectivity index (χ1v) is 6.50. The second-order valence-corrected chi connectivity index (χ2v) is 4.80. The van der Waals surface area contributed by atoms with Crippen LogP contribution in [0.3, 0.4) is 0 Å². The molecule has 3 rings (SSSR count). The minimum absolute atomic E-state index is 0.393. The van der Waals surface area contributed by atoms with E-state index in [0.717, 1.165) is 11.0 Å². The van der Waals surface area contributed by atoms with Gasteiger partial charge in [-0.15, -0.1) is 0 Å². The van der Waals surface area contributed by atoms with E-state index in [1.165, 1.54) is 11.8 Å². The minimum Gasteiger partial charge on any atom is -0.251 e. The maximum Gasteiger partial charge on any atom is 0.148 e. The van der Waals surface area contributed by atoms with Crippen LogP contribution in [0.4, 0.5) is 0 Å². The van der Waals surface area contributed by atoms with Crippen molar-refractivity contribution in [2.24, 2.45) is 0 Å². The van der Waals surface area contributed by atoms with E-state index < -0.39 is 0 Å². The Morgan fingerprint density at radius 1 is 0.895 bits per heavy atom. The quantitative estimate of drug-likeness (QED) is 0.586. The van der Waals surface area contributed by atoms with Gasteiger partial charge in [0.25, 0.3) is 0 Å². The number of benzene rings is 2. The molecule has 0 fully saturated rings. The van der Waals surface area contributed by atoms with Crippen LogP contribution in [0.1, 0.15) is 5.56 Å². The number of hydrogen-bond donors (Lipinski definition) is 0. The summed E-state index contributed by atoms with van der Waals surface area (Å²) in [4.78, 5) is 8.12. The van der Waals surface area contributed by atoms with Crippen molar-refractivity contribution in [3.8, 4) is 0 Å². The Bertz CT molecular complexity index is 628.